The summed E-state index contributed by atoms with van der Waals surface area (Å²) >= 11 is 1.33. The van der Waals surface area contributed by atoms with Gasteiger partial charge >= 0.3 is 0 Å². The number of halogens is 2. The summed E-state index contributed by atoms with van der Waals surface area (Å²) in [5.41, 5.74) is 6.42. The topological polar surface area (TPSA) is 109 Å². The van der Waals surface area contributed by atoms with Gasteiger partial charge in [0.25, 0.3) is 17.7 Å². The van der Waals surface area contributed by atoms with E-state index in [9.17, 15) is 23.2 Å². The Hall–Kier alpha value is -4.45. The summed E-state index contributed by atoms with van der Waals surface area (Å²) in [6.45, 7) is 2.96. The lowest BCUT2D eigenvalue weighted by molar-refractivity contribution is 0.0712. The van der Waals surface area contributed by atoms with Gasteiger partial charge in [-0.05, 0) is 44.0 Å². The molecule has 0 spiro atoms. The number of hydrazine groups is 1. The van der Waals surface area contributed by atoms with E-state index in [1.165, 1.54) is 11.3 Å². The highest BCUT2D eigenvalue weighted by Crippen LogP contribution is 2.31. The minimum Gasteiger partial charge on any atom is -0.338 e. The van der Waals surface area contributed by atoms with E-state index in [0.717, 1.165) is 28.5 Å². The Kier molecular flexibility index (Phi) is 7.46. The number of likely N-dealkylation sites (tertiary alicyclic amines) is 1. The van der Waals surface area contributed by atoms with Crippen molar-refractivity contribution in [3.8, 4) is 5.69 Å². The van der Waals surface area contributed by atoms with Crippen molar-refractivity contribution in [3.05, 3.63) is 99.3 Å². The Morgan fingerprint density at radius 3 is 2.33 bits per heavy atom. The van der Waals surface area contributed by atoms with E-state index in [1.807, 2.05) is 42.2 Å². The molecule has 39 heavy (non-hydrogen) atoms. The van der Waals surface area contributed by atoms with Crippen molar-refractivity contribution in [2.24, 2.45) is 0 Å². The molecule has 3 amide bonds. The summed E-state index contributed by atoms with van der Waals surface area (Å²) in [4.78, 5) is 44.0. The van der Waals surface area contributed by atoms with Crippen LogP contribution in [0.1, 0.15) is 60.7 Å². The van der Waals surface area contributed by atoms with Crippen molar-refractivity contribution < 1.29 is 23.2 Å². The lowest BCUT2D eigenvalue weighted by Gasteiger charge is -2.31. The van der Waals surface area contributed by atoms with E-state index in [0.29, 0.717) is 37.6 Å². The lowest BCUT2D eigenvalue weighted by atomic mass is 9.97. The molecule has 2 aromatic heterocycles. The van der Waals surface area contributed by atoms with Gasteiger partial charge in [-0.1, -0.05) is 18.2 Å². The zero-order chi connectivity index (χ0) is 27.5. The second kappa shape index (κ2) is 11.1. The predicted octanol–water partition coefficient (Wildman–Crippen LogP) is 4.01. The number of amides is 3. The molecule has 0 saturated carbocycles. The molecule has 0 atom stereocenters. The third kappa shape index (κ3) is 5.70. The maximum absolute atomic E-state index is 13.3. The van der Waals surface area contributed by atoms with Gasteiger partial charge in [0.05, 0.1) is 28.1 Å². The van der Waals surface area contributed by atoms with Gasteiger partial charge < -0.3 is 4.90 Å². The molecule has 5 rings (SSSR count). The second-order valence-corrected chi connectivity index (χ2v) is 9.98. The highest BCUT2D eigenvalue weighted by molar-refractivity contribution is 7.09. The van der Waals surface area contributed by atoms with E-state index in [1.54, 1.807) is 16.3 Å². The van der Waals surface area contributed by atoms with Gasteiger partial charge in [0.1, 0.15) is 17.3 Å². The molecule has 12 heteroatoms. The van der Waals surface area contributed by atoms with Crippen molar-refractivity contribution in [3.63, 3.8) is 0 Å². The van der Waals surface area contributed by atoms with E-state index in [4.69, 9.17) is 0 Å². The number of thiazole rings is 1. The first kappa shape index (κ1) is 26.2. The monoisotopic (exact) mass is 550 g/mol. The fourth-order valence-corrected chi connectivity index (χ4v) is 5.43. The summed E-state index contributed by atoms with van der Waals surface area (Å²) in [7, 11) is 0. The zero-order valence-corrected chi connectivity index (χ0v) is 21.7. The summed E-state index contributed by atoms with van der Waals surface area (Å²) < 4.78 is 28.4. The van der Waals surface area contributed by atoms with Crippen LogP contribution in [0.5, 0.6) is 0 Å². The Balaban J connectivity index is 1.15. The van der Waals surface area contributed by atoms with Crippen LogP contribution in [-0.2, 0) is 0 Å². The Morgan fingerprint density at radius 1 is 0.974 bits per heavy atom. The van der Waals surface area contributed by atoms with Gasteiger partial charge in [-0.15, -0.1) is 11.3 Å². The van der Waals surface area contributed by atoms with Crippen LogP contribution in [0.2, 0.25) is 0 Å². The number of carbonyl (C=O) groups excluding carboxylic acids is 3. The van der Waals surface area contributed by atoms with E-state index in [-0.39, 0.29) is 23.1 Å². The van der Waals surface area contributed by atoms with Crippen molar-refractivity contribution in [1.82, 2.24) is 30.5 Å². The Labute approximate surface area is 226 Å². The highest BCUT2D eigenvalue weighted by atomic mass is 32.1. The largest absolute Gasteiger partial charge is 0.338 e. The highest BCUT2D eigenvalue weighted by Gasteiger charge is 2.28. The van der Waals surface area contributed by atoms with Crippen LogP contribution in [0.25, 0.3) is 5.69 Å². The standard InChI is InChI=1S/C27H24F2N6O3S/c1-16-22(14-30-35(16)21-5-3-2-4-6-21)27(38)34-9-7-17(8-10-34)26-31-23(15-39-26)25(37)33-32-24(36)18-11-19(28)13-20(29)12-18/h2-6,11-15,17H,7-10H2,1H3,(H,32,36)(H,33,37). The SMILES string of the molecule is Cc1c(C(=O)N2CCC(c3nc(C(=O)NNC(=O)c4cc(F)cc(F)c4)cs3)CC2)cnn1-c1ccccc1. The van der Waals surface area contributed by atoms with Gasteiger partial charge in [0.15, 0.2) is 0 Å². The molecule has 2 aromatic carbocycles. The van der Waals surface area contributed by atoms with Gasteiger partial charge in [-0.2, -0.15) is 5.10 Å². The van der Waals surface area contributed by atoms with Crippen LogP contribution < -0.4 is 10.9 Å². The number of para-hydroxylation sites is 1. The van der Waals surface area contributed by atoms with Crippen molar-refractivity contribution in [2.75, 3.05) is 13.1 Å². The zero-order valence-electron chi connectivity index (χ0n) is 20.9. The number of nitrogens with zero attached hydrogens (tertiary/aromatic N) is 4. The minimum atomic E-state index is -0.902. The normalized spacial score (nSPS) is 13.8. The number of hydrogen-bond donors (Lipinski definition) is 2. The fraction of sp³-hybridized carbons (Fsp3) is 0.222. The molecule has 1 fully saturated rings. The summed E-state index contributed by atoms with van der Waals surface area (Å²) in [6, 6.07) is 12.0. The predicted molar refractivity (Wildman–Crippen MR) is 140 cm³/mol. The quantitative estimate of drug-likeness (QED) is 0.365. The fourth-order valence-electron chi connectivity index (χ4n) is 4.46. The van der Waals surface area contributed by atoms with Crippen molar-refractivity contribution in [2.45, 2.75) is 25.7 Å². The number of rotatable bonds is 5. The number of nitrogens with one attached hydrogen (secondary N) is 2. The average molecular weight is 551 g/mol. The molecule has 0 bridgehead atoms. The molecule has 1 aliphatic heterocycles. The second-order valence-electron chi connectivity index (χ2n) is 9.09. The molecule has 4 aromatic rings. The van der Waals surface area contributed by atoms with Crippen LogP contribution >= 0.6 is 11.3 Å². The van der Waals surface area contributed by atoms with Crippen molar-refractivity contribution >= 4 is 29.1 Å². The smallest absolute Gasteiger partial charge is 0.289 e. The van der Waals surface area contributed by atoms with Gasteiger partial charge in [0, 0.05) is 36.0 Å². The van der Waals surface area contributed by atoms with Crippen LogP contribution in [-0.4, -0.2) is 50.5 Å². The first-order chi connectivity index (χ1) is 18.8. The summed E-state index contributed by atoms with van der Waals surface area (Å²) in [5, 5.41) is 6.74. The number of hydrogen-bond acceptors (Lipinski definition) is 6. The third-order valence-electron chi connectivity index (χ3n) is 6.54. The lowest BCUT2D eigenvalue weighted by Crippen LogP contribution is -2.41. The molecule has 2 N–H and O–H groups in total. The molecule has 0 radical (unpaired) electrons. The Bertz CT molecular complexity index is 1510. The van der Waals surface area contributed by atoms with E-state index >= 15 is 0 Å². The molecule has 3 heterocycles. The molecular weight excluding hydrogens is 526 g/mol. The molecule has 1 saturated heterocycles. The number of benzene rings is 2. The maximum atomic E-state index is 13.3. The van der Waals surface area contributed by atoms with Crippen molar-refractivity contribution in [1.29, 1.82) is 0 Å². The molecular formula is C27H24F2N6O3S. The Morgan fingerprint density at radius 2 is 1.64 bits per heavy atom. The van der Waals surface area contributed by atoms with E-state index < -0.39 is 23.4 Å². The van der Waals surface area contributed by atoms with Crippen LogP contribution in [0.4, 0.5) is 8.78 Å². The molecule has 0 aliphatic carbocycles. The molecule has 9 nitrogen and oxygen atoms in total. The maximum Gasteiger partial charge on any atom is 0.289 e. The van der Waals surface area contributed by atoms with Crippen LogP contribution in [0.3, 0.4) is 0 Å². The average Bonchev–Trinajstić information content (AvgIpc) is 3.58. The first-order valence-electron chi connectivity index (χ1n) is 12.2. The van der Waals surface area contributed by atoms with Crippen LogP contribution in [0.15, 0.2) is 60.1 Å². The minimum absolute atomic E-state index is 0.0683. The van der Waals surface area contributed by atoms with Gasteiger partial charge in [0.2, 0.25) is 0 Å². The van der Waals surface area contributed by atoms with E-state index in [2.05, 4.69) is 20.9 Å². The molecule has 1 aliphatic rings. The van der Waals surface area contributed by atoms with Crippen LogP contribution in [0, 0.1) is 18.6 Å². The molecule has 0 unspecified atom stereocenters. The third-order valence-corrected chi connectivity index (χ3v) is 7.55. The number of aromatic nitrogens is 3. The van der Waals surface area contributed by atoms with Gasteiger partial charge in [-0.25, -0.2) is 18.4 Å². The molecule has 200 valence electrons. The first-order valence-corrected chi connectivity index (χ1v) is 13.1. The summed E-state index contributed by atoms with van der Waals surface area (Å²) in [6.07, 6.45) is 2.98. The van der Waals surface area contributed by atoms with Gasteiger partial charge in [-0.3, -0.25) is 25.2 Å². The summed E-state index contributed by atoms with van der Waals surface area (Å²) in [5.74, 6) is -3.30. The number of piperidine rings is 1. The number of carbonyl (C=O) groups is 3.